The molecule has 0 aliphatic carbocycles. The Morgan fingerprint density at radius 3 is 2.53 bits per heavy atom. The third-order valence-electron chi connectivity index (χ3n) is 2.40. The van der Waals surface area contributed by atoms with Crippen LogP contribution in [0.2, 0.25) is 0 Å². The zero-order chi connectivity index (χ0) is 13.1. The van der Waals surface area contributed by atoms with Gasteiger partial charge in [0, 0.05) is 25.8 Å². The minimum atomic E-state index is -3.59. The van der Waals surface area contributed by atoms with Gasteiger partial charge in [0.1, 0.15) is 16.4 Å². The van der Waals surface area contributed by atoms with Crippen LogP contribution in [0.5, 0.6) is 0 Å². The van der Waals surface area contributed by atoms with E-state index in [4.69, 9.17) is 14.9 Å². The predicted octanol–water partition coefficient (Wildman–Crippen LogP) is 0.280. The molecule has 1 rings (SSSR count). The molecular formula is C10H18N2O4S. The molecule has 0 bridgehead atoms. The minimum absolute atomic E-state index is 0.129. The van der Waals surface area contributed by atoms with E-state index in [9.17, 15) is 8.42 Å². The fourth-order valence-corrected chi connectivity index (χ4v) is 3.12. The average molecular weight is 262 g/mol. The van der Waals surface area contributed by atoms with Crippen molar-refractivity contribution in [3.8, 4) is 0 Å². The summed E-state index contributed by atoms with van der Waals surface area (Å²) in [5, 5.41) is 0. The van der Waals surface area contributed by atoms with Crippen LogP contribution >= 0.6 is 0 Å². The van der Waals surface area contributed by atoms with Crippen LogP contribution in [0.15, 0.2) is 9.31 Å². The summed E-state index contributed by atoms with van der Waals surface area (Å²) in [5.74, 6) is 0.894. The van der Waals surface area contributed by atoms with Crippen molar-refractivity contribution in [1.29, 1.82) is 0 Å². The van der Waals surface area contributed by atoms with Gasteiger partial charge in [-0.2, -0.15) is 0 Å². The molecule has 98 valence electrons. The minimum Gasteiger partial charge on any atom is -0.465 e. The molecule has 0 aliphatic rings. The quantitative estimate of drug-likeness (QED) is 0.718. The summed E-state index contributed by atoms with van der Waals surface area (Å²) in [6, 6.07) is 0. The summed E-state index contributed by atoms with van der Waals surface area (Å²) in [4.78, 5) is 0.147. The molecule has 0 saturated carbocycles. The maximum Gasteiger partial charge on any atom is 0.244 e. The van der Waals surface area contributed by atoms with E-state index in [0.29, 0.717) is 23.7 Å². The highest BCUT2D eigenvalue weighted by molar-refractivity contribution is 7.89. The zero-order valence-electron chi connectivity index (χ0n) is 10.2. The van der Waals surface area contributed by atoms with Crippen LogP contribution in [0.1, 0.15) is 17.1 Å². The summed E-state index contributed by atoms with van der Waals surface area (Å²) >= 11 is 0. The van der Waals surface area contributed by atoms with Gasteiger partial charge in [0.15, 0.2) is 0 Å². The van der Waals surface area contributed by atoms with Crippen molar-refractivity contribution in [2.24, 2.45) is 5.73 Å². The van der Waals surface area contributed by atoms with Gasteiger partial charge in [-0.3, -0.25) is 0 Å². The number of nitrogens with one attached hydrogen (secondary N) is 1. The lowest BCUT2D eigenvalue weighted by molar-refractivity contribution is 0.204. The van der Waals surface area contributed by atoms with Gasteiger partial charge in [-0.15, -0.1) is 0 Å². The van der Waals surface area contributed by atoms with Gasteiger partial charge in [0.05, 0.1) is 6.61 Å². The van der Waals surface area contributed by atoms with Crippen molar-refractivity contribution < 1.29 is 17.6 Å². The van der Waals surface area contributed by atoms with Crippen molar-refractivity contribution in [3.63, 3.8) is 0 Å². The van der Waals surface area contributed by atoms with E-state index in [-0.39, 0.29) is 18.0 Å². The van der Waals surface area contributed by atoms with E-state index >= 15 is 0 Å². The first-order valence-corrected chi connectivity index (χ1v) is 6.70. The van der Waals surface area contributed by atoms with Crippen LogP contribution in [0.4, 0.5) is 0 Å². The molecular weight excluding hydrogens is 244 g/mol. The summed E-state index contributed by atoms with van der Waals surface area (Å²) < 4.78 is 36.6. The van der Waals surface area contributed by atoms with Crippen molar-refractivity contribution >= 4 is 10.0 Å². The Morgan fingerprint density at radius 1 is 1.35 bits per heavy atom. The number of aryl methyl sites for hydroxylation is 2. The van der Waals surface area contributed by atoms with E-state index in [2.05, 4.69) is 4.72 Å². The molecule has 0 amide bonds. The summed E-state index contributed by atoms with van der Waals surface area (Å²) in [5.41, 5.74) is 6.06. The van der Waals surface area contributed by atoms with E-state index < -0.39 is 10.0 Å². The fraction of sp³-hybridized carbons (Fsp3) is 0.600. The van der Waals surface area contributed by atoms with Gasteiger partial charge >= 0.3 is 0 Å². The molecule has 6 nitrogen and oxygen atoms in total. The van der Waals surface area contributed by atoms with Crippen LogP contribution < -0.4 is 10.5 Å². The van der Waals surface area contributed by atoms with Crippen molar-refractivity contribution in [2.45, 2.75) is 25.3 Å². The van der Waals surface area contributed by atoms with Crippen LogP contribution in [0.25, 0.3) is 0 Å². The van der Waals surface area contributed by atoms with Crippen molar-refractivity contribution in [3.05, 3.63) is 17.1 Å². The number of hydrogen-bond acceptors (Lipinski definition) is 5. The Hall–Kier alpha value is -0.890. The average Bonchev–Trinajstić information content (AvgIpc) is 2.53. The normalized spacial score (nSPS) is 12.0. The van der Waals surface area contributed by atoms with Gasteiger partial charge in [-0.05, 0) is 13.8 Å². The lowest BCUT2D eigenvalue weighted by Gasteiger charge is -2.07. The maximum atomic E-state index is 12.0. The molecule has 17 heavy (non-hydrogen) atoms. The highest BCUT2D eigenvalue weighted by Crippen LogP contribution is 2.25. The third-order valence-corrected chi connectivity index (χ3v) is 4.05. The molecule has 1 heterocycles. The molecule has 0 unspecified atom stereocenters. The molecule has 0 saturated heterocycles. The first-order chi connectivity index (χ1) is 7.94. The topological polar surface area (TPSA) is 94.6 Å². The number of hydrogen-bond donors (Lipinski definition) is 2. The first-order valence-electron chi connectivity index (χ1n) is 5.21. The maximum absolute atomic E-state index is 12.0. The monoisotopic (exact) mass is 262 g/mol. The van der Waals surface area contributed by atoms with Crippen LogP contribution in [0, 0.1) is 13.8 Å². The Morgan fingerprint density at radius 2 is 2.00 bits per heavy atom. The molecule has 7 heteroatoms. The Kier molecular flexibility index (Phi) is 4.70. The van der Waals surface area contributed by atoms with Gasteiger partial charge in [0.25, 0.3) is 0 Å². The molecule has 0 atom stereocenters. The lowest BCUT2D eigenvalue weighted by atomic mass is 10.2. The lowest BCUT2D eigenvalue weighted by Crippen LogP contribution is -2.28. The number of rotatable bonds is 6. The Bertz CT molecular complexity index is 479. The smallest absolute Gasteiger partial charge is 0.244 e. The van der Waals surface area contributed by atoms with E-state index in [0.717, 1.165) is 0 Å². The number of methoxy groups -OCH3 is 1. The van der Waals surface area contributed by atoms with E-state index in [1.807, 2.05) is 0 Å². The van der Waals surface area contributed by atoms with Crippen molar-refractivity contribution in [1.82, 2.24) is 4.72 Å². The predicted molar refractivity (Wildman–Crippen MR) is 63.1 cm³/mol. The number of furan rings is 1. The Balaban J connectivity index is 3.06. The second-order valence-electron chi connectivity index (χ2n) is 3.62. The molecule has 1 aromatic heterocycles. The SMILES string of the molecule is COCCNS(=O)(=O)c1c(C)oc(C)c1CN. The highest BCUT2D eigenvalue weighted by atomic mass is 32.2. The van der Waals surface area contributed by atoms with Gasteiger partial charge in [0.2, 0.25) is 10.0 Å². The summed E-state index contributed by atoms with van der Waals surface area (Å²) in [6.45, 7) is 3.96. The standard InChI is InChI=1S/C10H18N2O4S/c1-7-9(6-11)10(8(2)16-7)17(13,14)12-4-5-15-3/h12H,4-6,11H2,1-3H3. The molecule has 0 spiro atoms. The number of nitrogens with two attached hydrogens (primary N) is 1. The van der Waals surface area contributed by atoms with Crippen molar-refractivity contribution in [2.75, 3.05) is 20.3 Å². The zero-order valence-corrected chi connectivity index (χ0v) is 11.1. The third kappa shape index (κ3) is 3.06. The Labute approximate surface area is 101 Å². The van der Waals surface area contributed by atoms with Crippen LogP contribution in [-0.2, 0) is 21.3 Å². The number of ether oxygens (including phenoxy) is 1. The summed E-state index contributed by atoms with van der Waals surface area (Å²) in [7, 11) is -2.08. The molecule has 0 aliphatic heterocycles. The summed E-state index contributed by atoms with van der Waals surface area (Å²) in [6.07, 6.45) is 0. The second kappa shape index (κ2) is 5.63. The van der Waals surface area contributed by atoms with Gasteiger partial charge in [-0.25, -0.2) is 13.1 Å². The molecule has 1 aromatic rings. The molecule has 0 radical (unpaired) electrons. The van der Waals surface area contributed by atoms with Crippen LogP contribution in [0.3, 0.4) is 0 Å². The highest BCUT2D eigenvalue weighted by Gasteiger charge is 2.25. The van der Waals surface area contributed by atoms with Gasteiger partial charge < -0.3 is 14.9 Å². The van der Waals surface area contributed by atoms with E-state index in [1.165, 1.54) is 7.11 Å². The second-order valence-corrected chi connectivity index (χ2v) is 5.32. The van der Waals surface area contributed by atoms with E-state index in [1.54, 1.807) is 13.8 Å². The molecule has 0 aromatic carbocycles. The van der Waals surface area contributed by atoms with Crippen LogP contribution in [-0.4, -0.2) is 28.7 Å². The fourth-order valence-electron chi connectivity index (χ4n) is 1.65. The molecule has 0 fully saturated rings. The largest absolute Gasteiger partial charge is 0.465 e. The number of sulfonamides is 1. The molecule has 3 N–H and O–H groups in total. The first kappa shape index (κ1) is 14.2. The van der Waals surface area contributed by atoms with Gasteiger partial charge in [-0.1, -0.05) is 0 Å².